The molecule has 0 N–H and O–H groups in total. The van der Waals surface area contributed by atoms with Crippen LogP contribution in [0.1, 0.15) is 88.5 Å². The van der Waals surface area contributed by atoms with Crippen molar-refractivity contribution in [2.75, 3.05) is 40.9 Å². The predicted octanol–water partition coefficient (Wildman–Crippen LogP) is 4.48. The van der Waals surface area contributed by atoms with E-state index in [9.17, 15) is 19.2 Å². The van der Waals surface area contributed by atoms with Crippen molar-refractivity contribution >= 4 is 24.1 Å². The maximum Gasteiger partial charge on any atom is 0.413 e. The van der Waals surface area contributed by atoms with Crippen LogP contribution in [-0.2, 0) is 38.0 Å². The number of rotatable bonds is 14. The van der Waals surface area contributed by atoms with Crippen LogP contribution >= 0.6 is 0 Å². The average molecular weight is 563 g/mol. The zero-order chi connectivity index (χ0) is 30.7. The number of nitrogens with zero attached hydrogens (tertiary/aromatic N) is 2. The van der Waals surface area contributed by atoms with Crippen molar-refractivity contribution in [1.29, 1.82) is 0 Å². The Bertz CT molecular complexity index is 754. The van der Waals surface area contributed by atoms with Gasteiger partial charge in [0.05, 0.1) is 13.2 Å². The molecule has 0 saturated heterocycles. The molecule has 0 radical (unpaired) electrons. The van der Waals surface area contributed by atoms with Crippen LogP contribution in [0.5, 0.6) is 0 Å². The lowest BCUT2D eigenvalue weighted by Crippen LogP contribution is -2.57. The molecule has 12 nitrogen and oxygen atoms in total. The van der Waals surface area contributed by atoms with Crippen LogP contribution in [0.3, 0.4) is 0 Å². The monoisotopic (exact) mass is 562 g/mol. The molecule has 0 aromatic heterocycles. The van der Waals surface area contributed by atoms with Crippen molar-refractivity contribution in [3.8, 4) is 0 Å². The first kappa shape index (κ1) is 36.4. The highest BCUT2D eigenvalue weighted by Gasteiger charge is 2.45. The molecule has 0 aliphatic rings. The van der Waals surface area contributed by atoms with Gasteiger partial charge in [-0.3, -0.25) is 9.80 Å². The van der Waals surface area contributed by atoms with Gasteiger partial charge in [-0.15, -0.1) is 0 Å². The van der Waals surface area contributed by atoms with E-state index in [0.717, 1.165) is 0 Å². The third kappa shape index (κ3) is 11.2. The van der Waals surface area contributed by atoms with Gasteiger partial charge in [-0.05, 0) is 68.2 Å². The Morgan fingerprint density at radius 3 is 1.13 bits per heavy atom. The van der Waals surface area contributed by atoms with Gasteiger partial charge < -0.3 is 28.4 Å². The first-order valence-corrected chi connectivity index (χ1v) is 13.2. The van der Waals surface area contributed by atoms with E-state index in [1.807, 2.05) is 0 Å². The second-order valence-electron chi connectivity index (χ2n) is 11.5. The molecule has 12 heteroatoms. The minimum atomic E-state index is -1.34. The van der Waals surface area contributed by atoms with Crippen molar-refractivity contribution in [3.05, 3.63) is 0 Å². The Labute approximate surface area is 233 Å². The zero-order valence-electron chi connectivity index (χ0n) is 25.9. The van der Waals surface area contributed by atoms with Gasteiger partial charge >= 0.3 is 24.1 Å². The van der Waals surface area contributed by atoms with Gasteiger partial charge in [0.2, 0.25) is 0 Å². The average Bonchev–Trinajstić information content (AvgIpc) is 2.81. The molecule has 39 heavy (non-hydrogen) atoms. The fraction of sp³-hybridized carbons (Fsp3) is 0.852. The van der Waals surface area contributed by atoms with Gasteiger partial charge in [0.1, 0.15) is 35.7 Å². The van der Waals surface area contributed by atoms with Crippen molar-refractivity contribution in [2.24, 2.45) is 0 Å². The van der Waals surface area contributed by atoms with Crippen LogP contribution in [0.2, 0.25) is 0 Å². The number of amides is 2. The Kier molecular flexibility index (Phi) is 14.2. The third-order valence-corrected chi connectivity index (χ3v) is 5.95. The van der Waals surface area contributed by atoms with E-state index in [-0.39, 0.29) is 45.9 Å². The topological polar surface area (TPSA) is 130 Å². The number of hydrogen-bond donors (Lipinski definition) is 0. The fourth-order valence-corrected chi connectivity index (χ4v) is 3.28. The molecule has 0 aliphatic heterocycles. The van der Waals surface area contributed by atoms with Gasteiger partial charge in [0.15, 0.2) is 0 Å². The van der Waals surface area contributed by atoms with Crippen molar-refractivity contribution in [1.82, 2.24) is 9.80 Å². The largest absolute Gasteiger partial charge is 0.464 e. The van der Waals surface area contributed by atoms with Gasteiger partial charge in [-0.1, -0.05) is 13.8 Å². The molecule has 0 aromatic rings. The maximum absolute atomic E-state index is 13.0. The lowest BCUT2D eigenvalue weighted by atomic mass is 9.97. The molecule has 0 rings (SSSR count). The molecule has 0 saturated carbocycles. The van der Waals surface area contributed by atoms with Crippen molar-refractivity contribution < 1.29 is 47.6 Å². The molecule has 0 unspecified atom stereocenters. The lowest BCUT2D eigenvalue weighted by Gasteiger charge is -2.38. The number of ether oxygens (including phenoxy) is 6. The summed E-state index contributed by atoms with van der Waals surface area (Å²) in [6.45, 7) is 16.5. The summed E-state index contributed by atoms with van der Waals surface area (Å²) < 4.78 is 32.0. The van der Waals surface area contributed by atoms with Gasteiger partial charge in [0, 0.05) is 20.6 Å². The summed E-state index contributed by atoms with van der Waals surface area (Å²) in [5.41, 5.74) is -4.21. The lowest BCUT2D eigenvalue weighted by molar-refractivity contribution is -0.163. The van der Waals surface area contributed by atoms with Crippen LogP contribution in [0.25, 0.3) is 0 Å². The molecule has 2 amide bonds. The molecule has 0 spiro atoms. The highest BCUT2D eigenvalue weighted by atomic mass is 16.6. The molecule has 228 valence electrons. The van der Waals surface area contributed by atoms with Crippen LogP contribution in [-0.4, -0.2) is 97.1 Å². The molecule has 2 atom stereocenters. The first-order valence-electron chi connectivity index (χ1n) is 13.2. The molecule has 0 aromatic carbocycles. The van der Waals surface area contributed by atoms with Crippen molar-refractivity contribution in [2.45, 2.75) is 111 Å². The summed E-state index contributed by atoms with van der Waals surface area (Å²) in [4.78, 5) is 54.0. The fourth-order valence-electron chi connectivity index (χ4n) is 3.28. The van der Waals surface area contributed by atoms with E-state index >= 15 is 0 Å². The summed E-state index contributed by atoms with van der Waals surface area (Å²) in [6.07, 6.45) is -0.714. The van der Waals surface area contributed by atoms with E-state index < -0.39 is 46.4 Å². The molecular weight excluding hydrogens is 512 g/mol. The SMILES string of the molecule is CC[C@@](C)(C(=O)OCCCOC(=O)[C@](C)(CC)N(COC)C(=O)OC(C)(C)C)N(COC)C(=O)OC(C)(C)C. The Morgan fingerprint density at radius 2 is 0.897 bits per heavy atom. The van der Waals surface area contributed by atoms with E-state index in [0.29, 0.717) is 0 Å². The first-order chi connectivity index (χ1) is 17.8. The number of methoxy groups -OCH3 is 2. The normalized spacial score (nSPS) is 14.9. The molecule has 0 aliphatic carbocycles. The number of hydrogen-bond acceptors (Lipinski definition) is 10. The van der Waals surface area contributed by atoms with Gasteiger partial charge in [-0.2, -0.15) is 0 Å². The highest BCUT2D eigenvalue weighted by molar-refractivity contribution is 5.86. The van der Waals surface area contributed by atoms with E-state index in [1.165, 1.54) is 24.0 Å². The second-order valence-corrected chi connectivity index (χ2v) is 11.5. The Balaban J connectivity index is 5.26. The molecular formula is C27H50N2O10. The summed E-state index contributed by atoms with van der Waals surface area (Å²) >= 11 is 0. The smallest absolute Gasteiger partial charge is 0.413 e. The number of carbonyl (C=O) groups is 4. The summed E-state index contributed by atoms with van der Waals surface area (Å²) in [6, 6.07) is 0. The van der Waals surface area contributed by atoms with E-state index in [2.05, 4.69) is 0 Å². The molecule has 0 heterocycles. The van der Waals surface area contributed by atoms with Crippen LogP contribution in [0.15, 0.2) is 0 Å². The maximum atomic E-state index is 13.0. The summed E-state index contributed by atoms with van der Waals surface area (Å²) in [5, 5.41) is 0. The molecule has 0 bridgehead atoms. The summed E-state index contributed by atoms with van der Waals surface area (Å²) in [7, 11) is 2.82. The molecule has 0 fully saturated rings. The Morgan fingerprint density at radius 1 is 0.590 bits per heavy atom. The minimum Gasteiger partial charge on any atom is -0.464 e. The Hall–Kier alpha value is -2.60. The standard InChI is InChI=1S/C27H50N2O10/c1-13-26(9,28(18-34-11)22(32)38-24(3,4)5)20(30)36-16-15-17-37-21(31)27(10,14-2)29(19-35-12)23(33)39-25(6,7)8/h13-19H2,1-12H3/t26-,27-/m0/s1. The zero-order valence-corrected chi connectivity index (χ0v) is 25.9. The third-order valence-electron chi connectivity index (χ3n) is 5.95. The highest BCUT2D eigenvalue weighted by Crippen LogP contribution is 2.26. The number of esters is 2. The summed E-state index contributed by atoms with van der Waals surface area (Å²) in [5.74, 6) is -1.29. The van der Waals surface area contributed by atoms with Gasteiger partial charge in [-0.25, -0.2) is 19.2 Å². The van der Waals surface area contributed by atoms with Crippen LogP contribution in [0.4, 0.5) is 9.59 Å². The van der Waals surface area contributed by atoms with E-state index in [1.54, 1.807) is 69.2 Å². The second kappa shape index (κ2) is 15.3. The van der Waals surface area contributed by atoms with Crippen LogP contribution in [0, 0.1) is 0 Å². The van der Waals surface area contributed by atoms with Gasteiger partial charge in [0.25, 0.3) is 0 Å². The minimum absolute atomic E-state index is 0.0620. The van der Waals surface area contributed by atoms with Crippen molar-refractivity contribution in [3.63, 3.8) is 0 Å². The number of carbonyl (C=O) groups excluding carboxylic acids is 4. The quantitative estimate of drug-likeness (QED) is 0.129. The van der Waals surface area contributed by atoms with E-state index in [4.69, 9.17) is 28.4 Å². The van der Waals surface area contributed by atoms with Crippen LogP contribution < -0.4 is 0 Å². The predicted molar refractivity (Wildman–Crippen MR) is 144 cm³/mol.